The summed E-state index contributed by atoms with van der Waals surface area (Å²) in [5.74, 6) is 0.821. The van der Waals surface area contributed by atoms with Gasteiger partial charge in [0.25, 0.3) is 5.91 Å². The molecule has 0 aliphatic carbocycles. The van der Waals surface area contributed by atoms with Crippen LogP contribution in [0.25, 0.3) is 0 Å². The molecule has 3 unspecified atom stereocenters. The first-order valence-electron chi connectivity index (χ1n) is 11.3. The number of carbonyl (C=O) groups excluding carboxylic acids is 2. The second kappa shape index (κ2) is 9.71. The number of amides is 2. The molecule has 2 fully saturated rings. The third-order valence-electron chi connectivity index (χ3n) is 6.08. The largest absolute Gasteiger partial charge is 0.457 e. The zero-order valence-electron chi connectivity index (χ0n) is 18.7. The number of ether oxygens (including phenoxy) is 2. The molecule has 4 rings (SSSR count). The topological polar surface area (TPSA) is 85.1 Å². The molecule has 2 heterocycles. The minimum Gasteiger partial charge on any atom is -0.457 e. The molecule has 2 aromatic carbocycles. The fraction of sp³-hybridized carbons (Fsp3) is 0.440. The van der Waals surface area contributed by atoms with Crippen molar-refractivity contribution >= 4 is 11.8 Å². The predicted molar refractivity (Wildman–Crippen MR) is 122 cm³/mol. The highest BCUT2D eigenvalue weighted by atomic mass is 16.5. The van der Waals surface area contributed by atoms with Crippen LogP contribution in [0.1, 0.15) is 47.4 Å². The molecule has 0 aromatic heterocycles. The van der Waals surface area contributed by atoms with Gasteiger partial charge in [-0.05, 0) is 75.2 Å². The van der Waals surface area contributed by atoms with Crippen molar-refractivity contribution in [3.8, 4) is 11.5 Å². The lowest BCUT2D eigenvalue weighted by atomic mass is 10.1. The van der Waals surface area contributed by atoms with Gasteiger partial charge in [0.05, 0.1) is 12.2 Å². The van der Waals surface area contributed by atoms with Crippen molar-refractivity contribution in [2.75, 3.05) is 26.2 Å². The summed E-state index contributed by atoms with van der Waals surface area (Å²) < 4.78 is 11.7. The first kappa shape index (κ1) is 22.3. The molecular weight excluding hydrogens is 406 g/mol. The molecule has 2 N–H and O–H groups in total. The maximum absolute atomic E-state index is 13.2. The van der Waals surface area contributed by atoms with Crippen LogP contribution in [0.2, 0.25) is 0 Å². The first-order chi connectivity index (χ1) is 15.4. The summed E-state index contributed by atoms with van der Waals surface area (Å²) >= 11 is 0. The standard InChI is InChI=1S/C25H31N3O4/c1-17-14-27(15-18(2)31-17)16-21-4-3-13-28(21)25(30)20-7-11-23(12-8-20)32-22-9-5-19(6-10-22)24(26)29/h5-12,17-18,21H,3-4,13-16H2,1-2H3,(H2,26,29). The van der Waals surface area contributed by atoms with Crippen LogP contribution in [-0.2, 0) is 4.74 Å². The van der Waals surface area contributed by atoms with Crippen molar-refractivity contribution in [1.82, 2.24) is 9.80 Å². The Morgan fingerprint density at radius 3 is 2.09 bits per heavy atom. The third-order valence-corrected chi connectivity index (χ3v) is 6.08. The lowest BCUT2D eigenvalue weighted by Crippen LogP contribution is -2.50. The Morgan fingerprint density at radius 2 is 1.53 bits per heavy atom. The number of rotatable bonds is 6. The van der Waals surface area contributed by atoms with Gasteiger partial charge < -0.3 is 20.1 Å². The summed E-state index contributed by atoms with van der Waals surface area (Å²) in [6, 6.07) is 14.1. The number of morpholine rings is 1. The summed E-state index contributed by atoms with van der Waals surface area (Å²) in [4.78, 5) is 28.8. The van der Waals surface area contributed by atoms with Crippen LogP contribution >= 0.6 is 0 Å². The maximum atomic E-state index is 13.2. The average molecular weight is 438 g/mol. The minimum absolute atomic E-state index is 0.0687. The highest BCUT2D eigenvalue weighted by molar-refractivity contribution is 5.95. The van der Waals surface area contributed by atoms with Crippen LogP contribution in [0.3, 0.4) is 0 Å². The Kier molecular flexibility index (Phi) is 6.77. The van der Waals surface area contributed by atoms with E-state index >= 15 is 0 Å². The Balaban J connectivity index is 1.37. The second-order valence-corrected chi connectivity index (χ2v) is 8.79. The number of benzene rings is 2. The van der Waals surface area contributed by atoms with Crippen LogP contribution in [0, 0.1) is 0 Å². The van der Waals surface area contributed by atoms with Gasteiger partial charge >= 0.3 is 0 Å². The molecule has 7 heteroatoms. The van der Waals surface area contributed by atoms with Gasteiger partial charge in [-0.3, -0.25) is 14.5 Å². The van der Waals surface area contributed by atoms with Gasteiger partial charge in [0.15, 0.2) is 0 Å². The highest BCUT2D eigenvalue weighted by Gasteiger charge is 2.32. The number of primary amides is 1. The molecule has 2 aliphatic rings. The number of likely N-dealkylation sites (tertiary alicyclic amines) is 1. The van der Waals surface area contributed by atoms with E-state index in [9.17, 15) is 9.59 Å². The molecule has 2 aliphatic heterocycles. The maximum Gasteiger partial charge on any atom is 0.254 e. The molecule has 0 saturated carbocycles. The molecule has 2 saturated heterocycles. The van der Waals surface area contributed by atoms with E-state index in [1.54, 1.807) is 36.4 Å². The van der Waals surface area contributed by atoms with Gasteiger partial charge in [0.2, 0.25) is 5.91 Å². The molecule has 0 radical (unpaired) electrons. The van der Waals surface area contributed by atoms with E-state index in [1.807, 2.05) is 17.0 Å². The molecule has 7 nitrogen and oxygen atoms in total. The second-order valence-electron chi connectivity index (χ2n) is 8.79. The summed E-state index contributed by atoms with van der Waals surface area (Å²) in [5, 5.41) is 0. The lowest BCUT2D eigenvalue weighted by molar-refractivity contribution is -0.0715. The molecular formula is C25H31N3O4. The third kappa shape index (κ3) is 5.29. The zero-order chi connectivity index (χ0) is 22.7. The Labute approximate surface area is 189 Å². The Hall–Kier alpha value is -2.90. The summed E-state index contributed by atoms with van der Waals surface area (Å²) in [6.45, 7) is 7.73. The zero-order valence-corrected chi connectivity index (χ0v) is 18.7. The fourth-order valence-corrected chi connectivity index (χ4v) is 4.68. The van der Waals surface area contributed by atoms with Crippen molar-refractivity contribution in [3.05, 3.63) is 59.7 Å². The predicted octanol–water partition coefficient (Wildman–Crippen LogP) is 3.29. The van der Waals surface area contributed by atoms with Crippen molar-refractivity contribution < 1.29 is 19.1 Å². The van der Waals surface area contributed by atoms with E-state index in [-0.39, 0.29) is 24.2 Å². The van der Waals surface area contributed by atoms with E-state index < -0.39 is 5.91 Å². The normalized spacial score (nSPS) is 23.8. The Bertz CT molecular complexity index is 935. The highest BCUT2D eigenvalue weighted by Crippen LogP contribution is 2.25. The van der Waals surface area contributed by atoms with Crippen LogP contribution in [0.15, 0.2) is 48.5 Å². The fourth-order valence-electron chi connectivity index (χ4n) is 4.68. The van der Waals surface area contributed by atoms with Crippen molar-refractivity contribution in [2.24, 2.45) is 5.73 Å². The van der Waals surface area contributed by atoms with Gasteiger partial charge in [0, 0.05) is 43.3 Å². The van der Waals surface area contributed by atoms with E-state index in [4.69, 9.17) is 15.2 Å². The number of hydrogen-bond acceptors (Lipinski definition) is 5. The number of hydrogen-bond donors (Lipinski definition) is 1. The van der Waals surface area contributed by atoms with Gasteiger partial charge in [0.1, 0.15) is 11.5 Å². The van der Waals surface area contributed by atoms with E-state index in [2.05, 4.69) is 18.7 Å². The quantitative estimate of drug-likeness (QED) is 0.750. The van der Waals surface area contributed by atoms with E-state index in [0.29, 0.717) is 22.6 Å². The average Bonchev–Trinajstić information content (AvgIpc) is 3.21. The minimum atomic E-state index is -0.475. The van der Waals surface area contributed by atoms with Gasteiger partial charge in [-0.1, -0.05) is 0 Å². The molecule has 32 heavy (non-hydrogen) atoms. The molecule has 2 aromatic rings. The summed E-state index contributed by atoms with van der Waals surface area (Å²) in [7, 11) is 0. The number of nitrogens with zero attached hydrogens (tertiary/aromatic N) is 2. The number of carbonyl (C=O) groups is 2. The van der Waals surface area contributed by atoms with Crippen LogP contribution in [0.4, 0.5) is 0 Å². The molecule has 2 amide bonds. The van der Waals surface area contributed by atoms with Gasteiger partial charge in [-0.25, -0.2) is 0 Å². The Morgan fingerprint density at radius 1 is 0.969 bits per heavy atom. The van der Waals surface area contributed by atoms with Crippen molar-refractivity contribution in [3.63, 3.8) is 0 Å². The smallest absolute Gasteiger partial charge is 0.254 e. The molecule has 0 spiro atoms. The van der Waals surface area contributed by atoms with Crippen LogP contribution in [0.5, 0.6) is 11.5 Å². The number of nitrogens with two attached hydrogens (primary N) is 1. The summed E-state index contributed by atoms with van der Waals surface area (Å²) in [6.07, 6.45) is 2.52. The van der Waals surface area contributed by atoms with Gasteiger partial charge in [-0.2, -0.15) is 0 Å². The SMILES string of the molecule is CC1CN(CC2CCCN2C(=O)c2ccc(Oc3ccc(C(N)=O)cc3)cc2)CC(C)O1. The molecule has 3 atom stereocenters. The van der Waals surface area contributed by atoms with Crippen molar-refractivity contribution in [1.29, 1.82) is 0 Å². The first-order valence-corrected chi connectivity index (χ1v) is 11.3. The van der Waals surface area contributed by atoms with E-state index in [0.717, 1.165) is 39.0 Å². The molecule has 0 bridgehead atoms. The van der Waals surface area contributed by atoms with E-state index in [1.165, 1.54) is 0 Å². The lowest BCUT2D eigenvalue weighted by Gasteiger charge is -2.38. The summed E-state index contributed by atoms with van der Waals surface area (Å²) in [5.41, 5.74) is 6.36. The monoisotopic (exact) mass is 437 g/mol. The van der Waals surface area contributed by atoms with Crippen LogP contribution < -0.4 is 10.5 Å². The van der Waals surface area contributed by atoms with Crippen LogP contribution in [-0.4, -0.2) is 66.0 Å². The van der Waals surface area contributed by atoms with Crippen molar-refractivity contribution in [2.45, 2.75) is 44.9 Å². The van der Waals surface area contributed by atoms with Gasteiger partial charge in [-0.15, -0.1) is 0 Å². The molecule has 170 valence electrons.